The molecule has 2 heteroatoms. The van der Waals surface area contributed by atoms with Gasteiger partial charge in [0, 0.05) is 11.7 Å². The van der Waals surface area contributed by atoms with E-state index in [1.54, 1.807) is 0 Å². The normalized spacial score (nSPS) is 17.0. The Morgan fingerprint density at radius 2 is 1.88 bits per heavy atom. The Labute approximate surface area is 146 Å². The van der Waals surface area contributed by atoms with Gasteiger partial charge < -0.3 is 10.6 Å². The molecule has 1 aliphatic carbocycles. The zero-order chi connectivity index (χ0) is 16.8. The van der Waals surface area contributed by atoms with Crippen molar-refractivity contribution in [3.05, 3.63) is 65.2 Å². The minimum absolute atomic E-state index is 0.682. The topological polar surface area (TPSA) is 29.3 Å². The number of unbranched alkanes of at least 4 members (excludes halogenated alkanes) is 1. The third-order valence-corrected chi connectivity index (χ3v) is 5.42. The van der Waals surface area contributed by atoms with Crippen molar-refractivity contribution in [1.82, 2.24) is 4.90 Å². The second-order valence-electron chi connectivity index (χ2n) is 6.95. The molecule has 2 aromatic rings. The van der Waals surface area contributed by atoms with Gasteiger partial charge in [-0.25, -0.2) is 0 Å². The number of likely N-dealkylation sites (N-methyl/N-ethyl adjacent to an activating group) is 1. The van der Waals surface area contributed by atoms with Gasteiger partial charge in [-0.15, -0.1) is 0 Å². The van der Waals surface area contributed by atoms with Gasteiger partial charge in [0.2, 0.25) is 0 Å². The number of nitrogens with zero attached hydrogens (tertiary/aromatic N) is 1. The van der Waals surface area contributed by atoms with E-state index < -0.39 is 0 Å². The van der Waals surface area contributed by atoms with Crippen LogP contribution < -0.4 is 5.73 Å². The van der Waals surface area contributed by atoms with Gasteiger partial charge in [0.15, 0.2) is 0 Å². The first kappa shape index (κ1) is 17.0. The SMILES string of the molecule is CCN(CCCCc1ccccc1)C1CCc2c(N)cccc2C1. The maximum Gasteiger partial charge on any atom is 0.0349 e. The van der Waals surface area contributed by atoms with E-state index in [-0.39, 0.29) is 0 Å². The Balaban J connectivity index is 1.50. The molecule has 3 rings (SSSR count). The Bertz CT molecular complexity index is 636. The quantitative estimate of drug-likeness (QED) is 0.602. The van der Waals surface area contributed by atoms with E-state index in [0.717, 1.165) is 25.1 Å². The Morgan fingerprint density at radius 1 is 1.04 bits per heavy atom. The largest absolute Gasteiger partial charge is 0.398 e. The van der Waals surface area contributed by atoms with Gasteiger partial charge in [-0.2, -0.15) is 0 Å². The van der Waals surface area contributed by atoms with Crippen LogP contribution in [-0.4, -0.2) is 24.0 Å². The number of nitrogens with two attached hydrogens (primary N) is 1. The Hall–Kier alpha value is -1.80. The predicted octanol–water partition coefficient (Wildman–Crippen LogP) is 4.47. The summed E-state index contributed by atoms with van der Waals surface area (Å²) in [5, 5.41) is 0. The minimum Gasteiger partial charge on any atom is -0.398 e. The number of aryl methyl sites for hydroxylation is 1. The molecule has 2 nitrogen and oxygen atoms in total. The van der Waals surface area contributed by atoms with E-state index >= 15 is 0 Å². The van der Waals surface area contributed by atoms with Crippen molar-refractivity contribution in [1.29, 1.82) is 0 Å². The molecule has 2 N–H and O–H groups in total. The summed E-state index contributed by atoms with van der Waals surface area (Å²) in [5.41, 5.74) is 11.4. The average Bonchev–Trinajstić information content (AvgIpc) is 2.63. The number of rotatable bonds is 7. The van der Waals surface area contributed by atoms with E-state index in [9.17, 15) is 0 Å². The van der Waals surface area contributed by atoms with Crippen molar-refractivity contribution < 1.29 is 0 Å². The zero-order valence-electron chi connectivity index (χ0n) is 14.9. The van der Waals surface area contributed by atoms with E-state index in [4.69, 9.17) is 5.73 Å². The molecule has 0 amide bonds. The molecule has 0 heterocycles. The molecular weight excluding hydrogens is 292 g/mol. The molecular formula is C22H30N2. The van der Waals surface area contributed by atoms with Crippen LogP contribution in [-0.2, 0) is 19.3 Å². The highest BCUT2D eigenvalue weighted by molar-refractivity contribution is 5.52. The number of fused-ring (bicyclic) bond motifs is 1. The third kappa shape index (κ3) is 4.18. The first-order chi connectivity index (χ1) is 11.8. The highest BCUT2D eigenvalue weighted by Gasteiger charge is 2.24. The fraction of sp³-hybridized carbons (Fsp3) is 0.455. The van der Waals surface area contributed by atoms with Gasteiger partial charge in [0.1, 0.15) is 0 Å². The highest BCUT2D eigenvalue weighted by Crippen LogP contribution is 2.28. The molecule has 24 heavy (non-hydrogen) atoms. The second kappa shape index (κ2) is 8.34. The van der Waals surface area contributed by atoms with Crippen molar-refractivity contribution in [2.24, 2.45) is 0 Å². The maximum absolute atomic E-state index is 6.14. The minimum atomic E-state index is 0.682. The summed E-state index contributed by atoms with van der Waals surface area (Å²) in [6.45, 7) is 4.66. The van der Waals surface area contributed by atoms with Crippen molar-refractivity contribution in [2.45, 2.75) is 51.5 Å². The van der Waals surface area contributed by atoms with Gasteiger partial charge in [-0.05, 0) is 74.4 Å². The second-order valence-corrected chi connectivity index (χ2v) is 6.95. The molecule has 0 aromatic heterocycles. The van der Waals surface area contributed by atoms with Crippen molar-refractivity contribution in [3.63, 3.8) is 0 Å². The molecule has 1 unspecified atom stereocenters. The van der Waals surface area contributed by atoms with Crippen LogP contribution in [0.25, 0.3) is 0 Å². The fourth-order valence-electron chi connectivity index (χ4n) is 4.02. The molecule has 0 radical (unpaired) electrons. The number of hydrogen-bond donors (Lipinski definition) is 1. The molecule has 2 aromatic carbocycles. The standard InChI is InChI=1S/C22H30N2/c1-2-24(16-7-6-11-18-9-4-3-5-10-18)20-14-15-21-19(17-20)12-8-13-22(21)23/h3-5,8-10,12-13,20H,2,6-7,11,14-17,23H2,1H3. The van der Waals surface area contributed by atoms with Crippen LogP contribution >= 0.6 is 0 Å². The van der Waals surface area contributed by atoms with Crippen molar-refractivity contribution in [3.8, 4) is 0 Å². The highest BCUT2D eigenvalue weighted by atomic mass is 15.1. The van der Waals surface area contributed by atoms with E-state index in [2.05, 4.69) is 54.3 Å². The summed E-state index contributed by atoms with van der Waals surface area (Å²) in [5.74, 6) is 0. The van der Waals surface area contributed by atoms with Crippen molar-refractivity contribution >= 4 is 5.69 Å². The van der Waals surface area contributed by atoms with Crippen LogP contribution in [0.3, 0.4) is 0 Å². The number of benzene rings is 2. The molecule has 1 aliphatic rings. The molecule has 0 spiro atoms. The lowest BCUT2D eigenvalue weighted by atomic mass is 9.86. The summed E-state index contributed by atoms with van der Waals surface area (Å²) in [6, 6.07) is 17.9. The van der Waals surface area contributed by atoms with E-state index in [1.165, 1.54) is 48.9 Å². The summed E-state index contributed by atoms with van der Waals surface area (Å²) in [4.78, 5) is 2.68. The number of hydrogen-bond acceptors (Lipinski definition) is 2. The molecule has 0 saturated carbocycles. The molecule has 1 atom stereocenters. The lowest BCUT2D eigenvalue weighted by Gasteiger charge is -2.35. The van der Waals surface area contributed by atoms with Gasteiger partial charge in [0.05, 0.1) is 0 Å². The Kier molecular flexibility index (Phi) is 5.92. The molecule has 0 aliphatic heterocycles. The zero-order valence-corrected chi connectivity index (χ0v) is 14.9. The van der Waals surface area contributed by atoms with Gasteiger partial charge in [-0.1, -0.05) is 49.4 Å². The number of anilines is 1. The van der Waals surface area contributed by atoms with Gasteiger partial charge in [-0.3, -0.25) is 0 Å². The van der Waals surface area contributed by atoms with Crippen LogP contribution in [0, 0.1) is 0 Å². The first-order valence-corrected chi connectivity index (χ1v) is 9.42. The molecule has 128 valence electrons. The summed E-state index contributed by atoms with van der Waals surface area (Å²) >= 11 is 0. The lowest BCUT2D eigenvalue weighted by molar-refractivity contribution is 0.185. The number of nitrogen functional groups attached to an aromatic ring is 1. The first-order valence-electron chi connectivity index (χ1n) is 9.42. The average molecular weight is 322 g/mol. The summed E-state index contributed by atoms with van der Waals surface area (Å²) < 4.78 is 0. The Morgan fingerprint density at radius 3 is 2.67 bits per heavy atom. The summed E-state index contributed by atoms with van der Waals surface area (Å²) in [7, 11) is 0. The fourth-order valence-corrected chi connectivity index (χ4v) is 4.02. The summed E-state index contributed by atoms with van der Waals surface area (Å²) in [6.07, 6.45) is 7.29. The van der Waals surface area contributed by atoms with Crippen LogP contribution in [0.5, 0.6) is 0 Å². The van der Waals surface area contributed by atoms with Crippen LogP contribution in [0.2, 0.25) is 0 Å². The van der Waals surface area contributed by atoms with Crippen LogP contribution in [0.4, 0.5) is 5.69 Å². The van der Waals surface area contributed by atoms with E-state index in [0.29, 0.717) is 6.04 Å². The van der Waals surface area contributed by atoms with Crippen molar-refractivity contribution in [2.75, 3.05) is 18.8 Å². The molecule has 0 fully saturated rings. The van der Waals surface area contributed by atoms with Gasteiger partial charge >= 0.3 is 0 Å². The smallest absolute Gasteiger partial charge is 0.0349 e. The van der Waals surface area contributed by atoms with E-state index in [1.807, 2.05) is 6.07 Å². The monoisotopic (exact) mass is 322 g/mol. The maximum atomic E-state index is 6.14. The van der Waals surface area contributed by atoms with Gasteiger partial charge in [0.25, 0.3) is 0 Å². The third-order valence-electron chi connectivity index (χ3n) is 5.42. The van der Waals surface area contributed by atoms with Crippen LogP contribution in [0.15, 0.2) is 48.5 Å². The molecule has 0 saturated heterocycles. The predicted molar refractivity (Wildman–Crippen MR) is 103 cm³/mol. The lowest BCUT2D eigenvalue weighted by Crippen LogP contribution is -2.40. The van der Waals surface area contributed by atoms with Crippen LogP contribution in [0.1, 0.15) is 42.9 Å². The molecule has 0 bridgehead atoms.